The van der Waals surface area contributed by atoms with Gasteiger partial charge in [-0.1, -0.05) is 0 Å². The van der Waals surface area contributed by atoms with Gasteiger partial charge in [-0.05, 0) is 11.3 Å². The lowest BCUT2D eigenvalue weighted by Crippen LogP contribution is -2.07. The molecule has 2 heterocycles. The fourth-order valence-electron chi connectivity index (χ4n) is 1.41. The highest BCUT2D eigenvalue weighted by Gasteiger charge is 2.15. The van der Waals surface area contributed by atoms with Gasteiger partial charge in [0.05, 0.1) is 32.3 Å². The van der Waals surface area contributed by atoms with Gasteiger partial charge in [-0.25, -0.2) is 0 Å². The van der Waals surface area contributed by atoms with Crippen LogP contribution in [0.1, 0.15) is 16.2 Å². The van der Waals surface area contributed by atoms with Crippen molar-refractivity contribution in [3.8, 4) is 5.75 Å². The number of pyridine rings is 1. The summed E-state index contributed by atoms with van der Waals surface area (Å²) in [6.07, 6.45) is 3.13. The molecule has 0 N–H and O–H groups in total. The minimum absolute atomic E-state index is 0.0915. The number of hydrogen-bond donors (Lipinski definition) is 0. The van der Waals surface area contributed by atoms with E-state index in [0.717, 1.165) is 0 Å². The van der Waals surface area contributed by atoms with E-state index in [4.69, 9.17) is 4.74 Å². The van der Waals surface area contributed by atoms with Gasteiger partial charge in [0, 0.05) is 6.20 Å². The zero-order valence-electron chi connectivity index (χ0n) is 9.49. The zero-order valence-corrected chi connectivity index (χ0v) is 9.49. The fraction of sp³-hybridized carbons (Fsp3) is 0.300. The molecule has 2 aromatic heterocycles. The Balaban J connectivity index is 2.20. The molecule has 0 saturated heterocycles. The number of aromatic nitrogens is 5. The Kier molecular flexibility index (Phi) is 3.08. The average molecular weight is 233 g/mol. The fourth-order valence-corrected chi connectivity index (χ4v) is 1.41. The molecule has 0 spiro atoms. The molecule has 0 aliphatic heterocycles. The second kappa shape index (κ2) is 4.69. The van der Waals surface area contributed by atoms with Crippen molar-refractivity contribution in [1.82, 2.24) is 25.2 Å². The van der Waals surface area contributed by atoms with E-state index in [2.05, 4.69) is 20.4 Å². The molecule has 0 atom stereocenters. The van der Waals surface area contributed by atoms with Crippen LogP contribution in [0.5, 0.6) is 5.75 Å². The number of nitrogens with zero attached hydrogens (tertiary/aromatic N) is 5. The third-order valence-corrected chi connectivity index (χ3v) is 2.17. The van der Waals surface area contributed by atoms with E-state index in [-0.39, 0.29) is 12.2 Å². The van der Waals surface area contributed by atoms with Crippen molar-refractivity contribution in [2.45, 2.75) is 6.42 Å². The summed E-state index contributed by atoms with van der Waals surface area (Å²) in [5, 5.41) is 11.4. The van der Waals surface area contributed by atoms with Gasteiger partial charge in [0.1, 0.15) is 5.75 Å². The van der Waals surface area contributed by atoms with Crippen LogP contribution in [0.25, 0.3) is 0 Å². The van der Waals surface area contributed by atoms with E-state index in [9.17, 15) is 4.79 Å². The minimum atomic E-state index is -0.128. The van der Waals surface area contributed by atoms with E-state index in [0.29, 0.717) is 17.1 Å². The van der Waals surface area contributed by atoms with Gasteiger partial charge in [0.2, 0.25) is 0 Å². The van der Waals surface area contributed by atoms with Crippen LogP contribution < -0.4 is 4.74 Å². The Bertz CT molecular complexity index is 537. The third-order valence-electron chi connectivity index (χ3n) is 2.17. The molecule has 0 fully saturated rings. The Morgan fingerprint density at radius 3 is 3.00 bits per heavy atom. The van der Waals surface area contributed by atoms with E-state index in [1.165, 1.54) is 18.1 Å². The van der Waals surface area contributed by atoms with Crippen LogP contribution in [-0.4, -0.2) is 38.1 Å². The molecule has 0 aromatic carbocycles. The van der Waals surface area contributed by atoms with Crippen molar-refractivity contribution in [3.63, 3.8) is 0 Å². The van der Waals surface area contributed by atoms with Crippen molar-refractivity contribution in [1.29, 1.82) is 0 Å². The first-order valence-electron chi connectivity index (χ1n) is 4.95. The predicted molar refractivity (Wildman–Crippen MR) is 57.6 cm³/mol. The second-order valence-electron chi connectivity index (χ2n) is 3.37. The van der Waals surface area contributed by atoms with Crippen molar-refractivity contribution in [2.75, 3.05) is 7.11 Å². The van der Waals surface area contributed by atoms with Crippen molar-refractivity contribution in [2.24, 2.45) is 7.05 Å². The highest BCUT2D eigenvalue weighted by atomic mass is 16.5. The van der Waals surface area contributed by atoms with Gasteiger partial charge in [-0.15, -0.1) is 10.2 Å². The van der Waals surface area contributed by atoms with Gasteiger partial charge in [-0.3, -0.25) is 9.78 Å². The summed E-state index contributed by atoms with van der Waals surface area (Å²) in [6, 6.07) is 1.61. The number of ether oxygens (including phenoxy) is 1. The highest BCUT2D eigenvalue weighted by Crippen LogP contribution is 2.17. The highest BCUT2D eigenvalue weighted by molar-refractivity contribution is 5.99. The minimum Gasteiger partial charge on any atom is -0.494 e. The molecule has 17 heavy (non-hydrogen) atoms. The summed E-state index contributed by atoms with van der Waals surface area (Å²) in [6.45, 7) is 0. The van der Waals surface area contributed by atoms with Crippen molar-refractivity contribution < 1.29 is 9.53 Å². The standard InChI is InChI=1S/C10H11N5O2/c1-15-13-10(12-14-15)5-8(16)7-3-4-11-6-9(7)17-2/h3-4,6H,5H2,1-2H3. The van der Waals surface area contributed by atoms with Crippen LogP contribution in [0.15, 0.2) is 18.5 Å². The molecule has 0 unspecified atom stereocenters. The Hall–Kier alpha value is -2.31. The molecule has 0 amide bonds. The molecule has 2 rings (SSSR count). The van der Waals surface area contributed by atoms with E-state index >= 15 is 0 Å². The Morgan fingerprint density at radius 2 is 2.35 bits per heavy atom. The van der Waals surface area contributed by atoms with Gasteiger partial charge in [0.15, 0.2) is 11.6 Å². The van der Waals surface area contributed by atoms with E-state index in [1.54, 1.807) is 19.3 Å². The number of methoxy groups -OCH3 is 1. The summed E-state index contributed by atoms with van der Waals surface area (Å²) in [4.78, 5) is 17.2. The normalized spacial score (nSPS) is 10.2. The van der Waals surface area contributed by atoms with Crippen molar-refractivity contribution >= 4 is 5.78 Å². The summed E-state index contributed by atoms with van der Waals surface area (Å²) in [7, 11) is 3.14. The molecule has 88 valence electrons. The smallest absolute Gasteiger partial charge is 0.182 e. The average Bonchev–Trinajstić information content (AvgIpc) is 2.74. The zero-order chi connectivity index (χ0) is 12.3. The number of tetrazole rings is 1. The monoisotopic (exact) mass is 233 g/mol. The molecule has 0 saturated carbocycles. The summed E-state index contributed by atoms with van der Waals surface area (Å²) >= 11 is 0. The lowest BCUT2D eigenvalue weighted by atomic mass is 10.1. The Labute approximate surface area is 97.4 Å². The van der Waals surface area contributed by atoms with Crippen LogP contribution in [0.2, 0.25) is 0 Å². The number of hydrogen-bond acceptors (Lipinski definition) is 6. The molecular formula is C10H11N5O2. The maximum absolute atomic E-state index is 12.0. The summed E-state index contributed by atoms with van der Waals surface area (Å²) in [5.74, 6) is 0.704. The predicted octanol–water partition coefficient (Wildman–Crippen LogP) is 0.0391. The van der Waals surface area contributed by atoms with Gasteiger partial charge in [0.25, 0.3) is 0 Å². The first-order valence-corrected chi connectivity index (χ1v) is 4.95. The maximum Gasteiger partial charge on any atom is 0.182 e. The molecule has 7 heteroatoms. The van der Waals surface area contributed by atoms with Crippen molar-refractivity contribution in [3.05, 3.63) is 29.8 Å². The molecule has 0 radical (unpaired) electrons. The van der Waals surface area contributed by atoms with Crippen LogP contribution in [0.4, 0.5) is 0 Å². The van der Waals surface area contributed by atoms with Crippen LogP contribution in [0, 0.1) is 0 Å². The molecule has 2 aromatic rings. The second-order valence-corrected chi connectivity index (χ2v) is 3.37. The van der Waals surface area contributed by atoms with Gasteiger partial charge in [-0.2, -0.15) is 4.80 Å². The number of ketones is 1. The third kappa shape index (κ3) is 2.44. The number of carbonyl (C=O) groups is 1. The number of rotatable bonds is 4. The van der Waals surface area contributed by atoms with E-state index < -0.39 is 0 Å². The summed E-state index contributed by atoms with van der Waals surface area (Å²) < 4.78 is 5.06. The van der Waals surface area contributed by atoms with Crippen LogP contribution >= 0.6 is 0 Å². The van der Waals surface area contributed by atoms with Gasteiger partial charge < -0.3 is 4.74 Å². The van der Waals surface area contributed by atoms with Crippen LogP contribution in [0.3, 0.4) is 0 Å². The first kappa shape index (κ1) is 11.2. The quantitative estimate of drug-likeness (QED) is 0.693. The van der Waals surface area contributed by atoms with E-state index in [1.807, 2.05) is 0 Å². The SMILES string of the molecule is COc1cnccc1C(=O)Cc1nnn(C)n1. The topological polar surface area (TPSA) is 82.8 Å². The lowest BCUT2D eigenvalue weighted by molar-refractivity contribution is 0.0987. The maximum atomic E-state index is 12.0. The number of aryl methyl sites for hydroxylation is 1. The summed E-state index contributed by atoms with van der Waals surface area (Å²) in [5.41, 5.74) is 0.468. The van der Waals surface area contributed by atoms with Crippen LogP contribution in [-0.2, 0) is 13.5 Å². The molecule has 7 nitrogen and oxygen atoms in total. The molecule has 0 bridgehead atoms. The molecular weight excluding hydrogens is 222 g/mol. The Morgan fingerprint density at radius 1 is 1.53 bits per heavy atom. The number of carbonyl (C=O) groups excluding carboxylic acids is 1. The first-order chi connectivity index (χ1) is 8.20. The largest absolute Gasteiger partial charge is 0.494 e. The molecule has 0 aliphatic carbocycles. The van der Waals surface area contributed by atoms with Gasteiger partial charge >= 0.3 is 0 Å². The molecule has 0 aliphatic rings. The lowest BCUT2D eigenvalue weighted by Gasteiger charge is -2.04. The number of Topliss-reactive ketones (excluding diaryl/α,β-unsaturated/α-hetero) is 1.